The Morgan fingerprint density at radius 2 is 2.07 bits per heavy atom. The molecule has 3 atom stereocenters. The number of urea groups is 1. The Bertz CT molecular complexity index is 992. The third-order valence-electron chi connectivity index (χ3n) is 6.11. The van der Waals surface area contributed by atoms with Crippen molar-refractivity contribution in [2.75, 3.05) is 40.8 Å². The van der Waals surface area contributed by atoms with Gasteiger partial charge in [0.1, 0.15) is 5.82 Å². The standard InChI is InChI=1S/C22H27FN4O3/c1-25(2)22(29)27-11-15-10-26(12-17-8-19(28)20(30-3)9-24-17)13-18(15)21(27)14-5-4-6-16(23)7-14/h4-9,15,18,21H,10-13H2,1-3H3,(H,24,28)/t15-,18-,21-/m1/s1. The minimum atomic E-state index is -0.293. The van der Waals surface area contributed by atoms with Gasteiger partial charge in [-0.05, 0) is 23.6 Å². The molecule has 0 unspecified atom stereocenters. The maximum absolute atomic E-state index is 13.9. The summed E-state index contributed by atoms with van der Waals surface area (Å²) in [4.78, 5) is 33.7. The molecule has 2 saturated heterocycles. The number of benzene rings is 1. The van der Waals surface area contributed by atoms with Crippen molar-refractivity contribution in [1.82, 2.24) is 19.7 Å². The summed E-state index contributed by atoms with van der Waals surface area (Å²) in [6.45, 7) is 2.85. The van der Waals surface area contributed by atoms with Crippen LogP contribution in [0.5, 0.6) is 5.75 Å². The third kappa shape index (κ3) is 3.79. The minimum Gasteiger partial charge on any atom is -0.491 e. The summed E-state index contributed by atoms with van der Waals surface area (Å²) in [5.41, 5.74) is 1.51. The monoisotopic (exact) mass is 414 g/mol. The number of carbonyl (C=O) groups excluding carboxylic acids is 1. The molecule has 4 rings (SSSR count). The van der Waals surface area contributed by atoms with Crippen LogP contribution in [0.2, 0.25) is 0 Å². The number of methoxy groups -OCH3 is 1. The van der Waals surface area contributed by atoms with Gasteiger partial charge in [-0.3, -0.25) is 9.69 Å². The lowest BCUT2D eigenvalue weighted by Gasteiger charge is -2.31. The van der Waals surface area contributed by atoms with Crippen molar-refractivity contribution in [1.29, 1.82) is 0 Å². The summed E-state index contributed by atoms with van der Waals surface area (Å²) in [5, 5.41) is 0. The van der Waals surface area contributed by atoms with Crippen LogP contribution >= 0.6 is 0 Å². The first-order valence-corrected chi connectivity index (χ1v) is 10.1. The second-order valence-electron chi connectivity index (χ2n) is 8.34. The van der Waals surface area contributed by atoms with Crippen molar-refractivity contribution in [3.05, 3.63) is 63.8 Å². The number of halogens is 1. The first-order chi connectivity index (χ1) is 14.4. The lowest BCUT2D eigenvalue weighted by atomic mass is 9.89. The molecule has 30 heavy (non-hydrogen) atoms. The van der Waals surface area contributed by atoms with E-state index in [2.05, 4.69) is 9.88 Å². The van der Waals surface area contributed by atoms with Gasteiger partial charge in [0.2, 0.25) is 5.43 Å². The molecule has 1 N–H and O–H groups in total. The van der Waals surface area contributed by atoms with Gasteiger partial charge >= 0.3 is 6.03 Å². The fourth-order valence-corrected chi connectivity index (χ4v) is 4.83. The topological polar surface area (TPSA) is 68.9 Å². The van der Waals surface area contributed by atoms with Crippen LogP contribution in [-0.4, -0.2) is 66.6 Å². The number of nitrogens with zero attached hydrogens (tertiary/aromatic N) is 3. The van der Waals surface area contributed by atoms with Crippen molar-refractivity contribution in [3.63, 3.8) is 0 Å². The SMILES string of the molecule is COc1c[nH]c(CN2C[C@@H]3CN(C(=O)N(C)C)[C@H](c4cccc(F)c4)[C@@H]3C2)cc1=O. The maximum Gasteiger partial charge on any atom is 0.320 e. The third-order valence-corrected chi connectivity index (χ3v) is 6.11. The van der Waals surface area contributed by atoms with Gasteiger partial charge in [0.15, 0.2) is 5.75 Å². The summed E-state index contributed by atoms with van der Waals surface area (Å²) in [5.74, 6) is 0.507. The predicted octanol–water partition coefficient (Wildman–Crippen LogP) is 2.31. The zero-order chi connectivity index (χ0) is 21.4. The molecule has 8 heteroatoms. The van der Waals surface area contributed by atoms with Crippen LogP contribution in [0.4, 0.5) is 9.18 Å². The van der Waals surface area contributed by atoms with Crippen LogP contribution in [0.25, 0.3) is 0 Å². The average Bonchev–Trinajstić information content (AvgIpc) is 3.24. The molecule has 7 nitrogen and oxygen atoms in total. The number of rotatable bonds is 4. The van der Waals surface area contributed by atoms with Crippen LogP contribution in [0.3, 0.4) is 0 Å². The Kier molecular flexibility index (Phi) is 5.51. The summed E-state index contributed by atoms with van der Waals surface area (Å²) >= 11 is 0. The zero-order valence-electron chi connectivity index (χ0n) is 17.5. The fraction of sp³-hybridized carbons (Fsp3) is 0.455. The number of ether oxygens (including phenoxy) is 1. The number of aromatic nitrogens is 1. The lowest BCUT2D eigenvalue weighted by Crippen LogP contribution is -2.41. The lowest BCUT2D eigenvalue weighted by molar-refractivity contribution is 0.151. The Morgan fingerprint density at radius 3 is 2.73 bits per heavy atom. The number of hydrogen-bond donors (Lipinski definition) is 1. The summed E-state index contributed by atoms with van der Waals surface area (Å²) < 4.78 is 19.0. The quantitative estimate of drug-likeness (QED) is 0.834. The molecule has 1 aromatic carbocycles. The van der Waals surface area contributed by atoms with E-state index in [0.717, 1.165) is 24.3 Å². The van der Waals surface area contributed by atoms with Crippen molar-refractivity contribution in [2.45, 2.75) is 12.6 Å². The van der Waals surface area contributed by atoms with Gasteiger partial charge in [-0.25, -0.2) is 9.18 Å². The van der Waals surface area contributed by atoms with E-state index in [-0.39, 0.29) is 29.2 Å². The number of pyridine rings is 1. The number of carbonyl (C=O) groups is 1. The van der Waals surface area contributed by atoms with Crippen molar-refractivity contribution in [3.8, 4) is 5.75 Å². The summed E-state index contributed by atoms with van der Waals surface area (Å²) in [7, 11) is 4.95. The highest BCUT2D eigenvalue weighted by Crippen LogP contribution is 2.45. The van der Waals surface area contributed by atoms with Crippen LogP contribution in [-0.2, 0) is 6.54 Å². The van der Waals surface area contributed by atoms with Crippen LogP contribution < -0.4 is 10.2 Å². The normalized spacial score (nSPS) is 23.5. The molecule has 3 heterocycles. The minimum absolute atomic E-state index is 0.0512. The molecule has 0 radical (unpaired) electrons. The number of nitrogens with one attached hydrogen (secondary N) is 1. The predicted molar refractivity (Wildman–Crippen MR) is 111 cm³/mol. The van der Waals surface area contributed by atoms with E-state index in [1.54, 1.807) is 37.3 Å². The molecule has 0 spiro atoms. The number of amides is 2. The zero-order valence-corrected chi connectivity index (χ0v) is 17.5. The molecule has 0 saturated carbocycles. The Hall–Kier alpha value is -2.87. The van der Waals surface area contributed by atoms with Crippen molar-refractivity contribution < 1.29 is 13.9 Å². The summed E-state index contributed by atoms with van der Waals surface area (Å²) in [6, 6.07) is 7.91. The molecule has 2 aromatic rings. The first-order valence-electron chi connectivity index (χ1n) is 10.1. The van der Waals surface area contributed by atoms with E-state index in [9.17, 15) is 14.0 Å². The van der Waals surface area contributed by atoms with E-state index < -0.39 is 0 Å². The van der Waals surface area contributed by atoms with Gasteiger partial charge in [-0.1, -0.05) is 12.1 Å². The van der Waals surface area contributed by atoms with Crippen LogP contribution in [0.1, 0.15) is 17.3 Å². The molecule has 160 valence electrons. The number of fused-ring (bicyclic) bond motifs is 1. The molecule has 0 aliphatic carbocycles. The first kappa shape index (κ1) is 20.4. The van der Waals surface area contributed by atoms with Gasteiger partial charge in [0.05, 0.1) is 13.2 Å². The smallest absolute Gasteiger partial charge is 0.320 e. The number of H-pyrrole nitrogens is 1. The Balaban J connectivity index is 1.56. The van der Waals surface area contributed by atoms with Gasteiger partial charge < -0.3 is 19.5 Å². The fourth-order valence-electron chi connectivity index (χ4n) is 4.83. The molecule has 2 aliphatic rings. The maximum atomic E-state index is 13.9. The number of likely N-dealkylation sites (tertiary alicyclic amines) is 2. The van der Waals surface area contributed by atoms with E-state index in [0.29, 0.717) is 24.8 Å². The largest absolute Gasteiger partial charge is 0.491 e. The summed E-state index contributed by atoms with van der Waals surface area (Å²) in [6.07, 6.45) is 1.58. The van der Waals surface area contributed by atoms with Gasteiger partial charge in [-0.2, -0.15) is 0 Å². The molecule has 0 bridgehead atoms. The molecule has 1 aromatic heterocycles. The second kappa shape index (κ2) is 8.10. The highest BCUT2D eigenvalue weighted by Gasteiger charge is 2.49. The molecular weight excluding hydrogens is 387 g/mol. The highest BCUT2D eigenvalue weighted by molar-refractivity contribution is 5.75. The van der Waals surface area contributed by atoms with Gasteiger partial charge in [0.25, 0.3) is 0 Å². The van der Waals surface area contributed by atoms with Crippen molar-refractivity contribution >= 4 is 6.03 Å². The highest BCUT2D eigenvalue weighted by atomic mass is 19.1. The average molecular weight is 414 g/mol. The van der Waals surface area contributed by atoms with E-state index in [4.69, 9.17) is 4.74 Å². The Morgan fingerprint density at radius 1 is 1.27 bits per heavy atom. The second-order valence-corrected chi connectivity index (χ2v) is 8.34. The van der Waals surface area contributed by atoms with Crippen LogP contribution in [0.15, 0.2) is 41.3 Å². The van der Waals surface area contributed by atoms with E-state index >= 15 is 0 Å². The van der Waals surface area contributed by atoms with Crippen molar-refractivity contribution in [2.24, 2.45) is 11.8 Å². The van der Waals surface area contributed by atoms with E-state index in [1.165, 1.54) is 19.2 Å². The molecular formula is C22H27FN4O3. The number of aromatic amines is 1. The molecule has 2 aliphatic heterocycles. The van der Waals surface area contributed by atoms with Gasteiger partial charge in [0, 0.05) is 64.1 Å². The van der Waals surface area contributed by atoms with Crippen LogP contribution in [0, 0.1) is 17.7 Å². The molecule has 2 fully saturated rings. The van der Waals surface area contributed by atoms with Gasteiger partial charge in [-0.15, -0.1) is 0 Å². The van der Waals surface area contributed by atoms with E-state index in [1.807, 2.05) is 11.0 Å². The number of hydrogen-bond acceptors (Lipinski definition) is 4. The molecule has 2 amide bonds. The Labute approximate surface area is 175 Å².